The van der Waals surface area contributed by atoms with E-state index in [2.05, 4.69) is 10.1 Å². The Labute approximate surface area is 168 Å². The largest absolute Gasteiger partial charge is 0.493 e. The molecule has 1 amide bonds. The second-order valence-electron chi connectivity index (χ2n) is 5.56. The molecule has 0 aliphatic heterocycles. The number of hydrogen-bond donors (Lipinski definition) is 1. The molecule has 0 saturated heterocycles. The van der Waals surface area contributed by atoms with E-state index in [1.165, 1.54) is 17.8 Å². The molecule has 0 atom stereocenters. The summed E-state index contributed by atoms with van der Waals surface area (Å²) in [5.74, 6) is -1.06. The SMILES string of the molecule is COc1cc(C(=O)NCCSCc2ccccc2F)c([N+](=O)[O-])cc1OC(F)F. The van der Waals surface area contributed by atoms with Crippen molar-refractivity contribution in [3.63, 3.8) is 0 Å². The van der Waals surface area contributed by atoms with Crippen LogP contribution in [-0.4, -0.2) is 36.8 Å². The van der Waals surface area contributed by atoms with E-state index < -0.39 is 28.9 Å². The summed E-state index contributed by atoms with van der Waals surface area (Å²) < 4.78 is 47.5. The molecular weight excluding hydrogens is 413 g/mol. The van der Waals surface area contributed by atoms with Crippen LogP contribution in [0.4, 0.5) is 18.9 Å². The number of carbonyl (C=O) groups excluding carboxylic acids is 1. The Morgan fingerprint density at radius 3 is 2.62 bits per heavy atom. The molecule has 11 heteroatoms. The van der Waals surface area contributed by atoms with Crippen molar-refractivity contribution in [2.75, 3.05) is 19.4 Å². The summed E-state index contributed by atoms with van der Waals surface area (Å²) in [7, 11) is 1.15. The maximum atomic E-state index is 13.5. The normalized spacial score (nSPS) is 10.7. The molecule has 0 aromatic heterocycles. The molecule has 0 spiro atoms. The van der Waals surface area contributed by atoms with Crippen LogP contribution in [0, 0.1) is 15.9 Å². The number of alkyl halides is 2. The fourth-order valence-electron chi connectivity index (χ4n) is 2.36. The van der Waals surface area contributed by atoms with Gasteiger partial charge in [-0.05, 0) is 11.6 Å². The van der Waals surface area contributed by atoms with E-state index in [9.17, 15) is 28.1 Å². The third-order valence-corrected chi connectivity index (χ3v) is 4.69. The third-order valence-electron chi connectivity index (χ3n) is 3.69. The summed E-state index contributed by atoms with van der Waals surface area (Å²) in [4.78, 5) is 22.7. The summed E-state index contributed by atoms with van der Waals surface area (Å²) in [6, 6.07) is 7.99. The first-order chi connectivity index (χ1) is 13.8. The fourth-order valence-corrected chi connectivity index (χ4v) is 3.20. The zero-order valence-electron chi connectivity index (χ0n) is 15.2. The van der Waals surface area contributed by atoms with E-state index in [1.807, 2.05) is 0 Å². The number of nitro groups is 1. The number of benzene rings is 2. The number of nitrogens with one attached hydrogen (secondary N) is 1. The Bertz CT molecular complexity index is 883. The molecule has 0 aliphatic carbocycles. The number of carbonyl (C=O) groups is 1. The van der Waals surface area contributed by atoms with Gasteiger partial charge in [0.25, 0.3) is 11.6 Å². The molecule has 2 rings (SSSR count). The number of thioether (sulfide) groups is 1. The van der Waals surface area contributed by atoms with Crippen LogP contribution >= 0.6 is 11.8 Å². The third kappa shape index (κ3) is 6.28. The highest BCUT2D eigenvalue weighted by Crippen LogP contribution is 2.35. The number of halogens is 3. The lowest BCUT2D eigenvalue weighted by Gasteiger charge is -2.12. The lowest BCUT2D eigenvalue weighted by molar-refractivity contribution is -0.385. The number of amides is 1. The average molecular weight is 430 g/mol. The molecular formula is C18H17F3N2O5S. The molecule has 0 fully saturated rings. The van der Waals surface area contributed by atoms with E-state index in [1.54, 1.807) is 18.2 Å². The van der Waals surface area contributed by atoms with Crippen molar-refractivity contribution in [3.05, 3.63) is 63.5 Å². The second kappa shape index (κ2) is 10.6. The molecule has 0 saturated carbocycles. The second-order valence-corrected chi connectivity index (χ2v) is 6.66. The number of methoxy groups -OCH3 is 1. The Kier molecular flexibility index (Phi) is 8.13. The van der Waals surface area contributed by atoms with Crippen molar-refractivity contribution in [3.8, 4) is 11.5 Å². The van der Waals surface area contributed by atoms with Crippen LogP contribution in [0.3, 0.4) is 0 Å². The average Bonchev–Trinajstić information content (AvgIpc) is 2.68. The van der Waals surface area contributed by atoms with E-state index in [0.29, 0.717) is 23.1 Å². The number of hydrogen-bond acceptors (Lipinski definition) is 6. The van der Waals surface area contributed by atoms with Gasteiger partial charge in [0, 0.05) is 24.1 Å². The van der Waals surface area contributed by atoms with Crippen molar-refractivity contribution in [2.24, 2.45) is 0 Å². The van der Waals surface area contributed by atoms with Gasteiger partial charge in [0.2, 0.25) is 0 Å². The molecule has 29 heavy (non-hydrogen) atoms. The Morgan fingerprint density at radius 2 is 2.00 bits per heavy atom. The van der Waals surface area contributed by atoms with Crippen molar-refractivity contribution >= 4 is 23.4 Å². The molecule has 0 unspecified atom stereocenters. The Hall–Kier alpha value is -2.95. The van der Waals surface area contributed by atoms with Crippen LogP contribution in [0.1, 0.15) is 15.9 Å². The number of rotatable bonds is 10. The van der Waals surface area contributed by atoms with Crippen LogP contribution in [0.15, 0.2) is 36.4 Å². The minimum absolute atomic E-state index is 0.159. The summed E-state index contributed by atoms with van der Waals surface area (Å²) in [6.07, 6.45) is 0. The summed E-state index contributed by atoms with van der Waals surface area (Å²) in [6.45, 7) is -3.05. The van der Waals surface area contributed by atoms with Gasteiger partial charge in [-0.25, -0.2) is 4.39 Å². The van der Waals surface area contributed by atoms with E-state index >= 15 is 0 Å². The number of nitrogens with zero attached hydrogens (tertiary/aromatic N) is 1. The van der Waals surface area contributed by atoms with Crippen molar-refractivity contribution < 1.29 is 32.4 Å². The standard InChI is InChI=1S/C18H17F3N2O5S/c1-27-15-8-12(14(23(25)26)9-16(15)28-18(20)21)17(24)22-6-7-29-10-11-4-2-3-5-13(11)19/h2-5,8-9,18H,6-7,10H2,1H3,(H,22,24). The molecule has 156 valence electrons. The van der Waals surface area contributed by atoms with Crippen molar-refractivity contribution in [2.45, 2.75) is 12.4 Å². The van der Waals surface area contributed by atoms with Gasteiger partial charge in [0.05, 0.1) is 18.1 Å². The molecule has 0 aliphatic rings. The first kappa shape index (κ1) is 22.3. The van der Waals surface area contributed by atoms with Crippen LogP contribution in [0.5, 0.6) is 11.5 Å². The van der Waals surface area contributed by atoms with Crippen LogP contribution in [0.25, 0.3) is 0 Å². The number of nitro benzene ring substituents is 1. The maximum Gasteiger partial charge on any atom is 0.387 e. The smallest absolute Gasteiger partial charge is 0.387 e. The van der Waals surface area contributed by atoms with Crippen molar-refractivity contribution in [1.29, 1.82) is 0 Å². The highest BCUT2D eigenvalue weighted by Gasteiger charge is 2.25. The van der Waals surface area contributed by atoms with Gasteiger partial charge in [0.1, 0.15) is 11.4 Å². The van der Waals surface area contributed by atoms with E-state index in [4.69, 9.17) is 4.74 Å². The van der Waals surface area contributed by atoms with Gasteiger partial charge in [-0.1, -0.05) is 18.2 Å². The highest BCUT2D eigenvalue weighted by molar-refractivity contribution is 7.98. The first-order valence-electron chi connectivity index (χ1n) is 8.24. The molecule has 0 bridgehead atoms. The Morgan fingerprint density at radius 1 is 1.28 bits per heavy atom. The van der Waals surface area contributed by atoms with Crippen LogP contribution in [0.2, 0.25) is 0 Å². The van der Waals surface area contributed by atoms with Gasteiger partial charge >= 0.3 is 6.61 Å². The van der Waals surface area contributed by atoms with Crippen LogP contribution in [-0.2, 0) is 5.75 Å². The van der Waals surface area contributed by atoms with Gasteiger partial charge in [0.15, 0.2) is 11.5 Å². The fraction of sp³-hybridized carbons (Fsp3) is 0.278. The molecule has 1 N–H and O–H groups in total. The lowest BCUT2D eigenvalue weighted by Crippen LogP contribution is -2.26. The zero-order valence-corrected chi connectivity index (χ0v) is 16.0. The minimum Gasteiger partial charge on any atom is -0.493 e. The molecule has 7 nitrogen and oxygen atoms in total. The van der Waals surface area contributed by atoms with Crippen LogP contribution < -0.4 is 14.8 Å². The van der Waals surface area contributed by atoms with Gasteiger partial charge in [-0.15, -0.1) is 0 Å². The zero-order chi connectivity index (χ0) is 21.4. The molecule has 0 heterocycles. The summed E-state index contributed by atoms with van der Waals surface area (Å²) >= 11 is 1.37. The Balaban J connectivity index is 2.01. The molecule has 2 aromatic rings. The van der Waals surface area contributed by atoms with Crippen molar-refractivity contribution in [1.82, 2.24) is 5.32 Å². The summed E-state index contributed by atoms with van der Waals surface area (Å²) in [5, 5.41) is 13.7. The topological polar surface area (TPSA) is 90.7 Å². The quantitative estimate of drug-likeness (QED) is 0.348. The van der Waals surface area contributed by atoms with Gasteiger partial charge in [-0.2, -0.15) is 20.5 Å². The minimum atomic E-state index is -3.21. The van der Waals surface area contributed by atoms with E-state index in [0.717, 1.165) is 13.2 Å². The maximum absolute atomic E-state index is 13.5. The highest BCUT2D eigenvalue weighted by atomic mass is 32.2. The predicted molar refractivity (Wildman–Crippen MR) is 101 cm³/mol. The van der Waals surface area contributed by atoms with Gasteiger partial charge < -0.3 is 14.8 Å². The lowest BCUT2D eigenvalue weighted by atomic mass is 10.1. The molecule has 0 radical (unpaired) electrons. The first-order valence-corrected chi connectivity index (χ1v) is 9.39. The summed E-state index contributed by atoms with van der Waals surface area (Å²) in [5.41, 5.74) is -0.524. The monoisotopic (exact) mass is 430 g/mol. The number of ether oxygens (including phenoxy) is 2. The van der Waals surface area contributed by atoms with Gasteiger partial charge in [-0.3, -0.25) is 14.9 Å². The molecule has 2 aromatic carbocycles. The van der Waals surface area contributed by atoms with E-state index in [-0.39, 0.29) is 23.7 Å². The predicted octanol–water partition coefficient (Wildman–Crippen LogP) is 4.01.